The molecule has 4 aromatic rings. The monoisotopic (exact) mass is 448 g/mol. The molecule has 0 bridgehead atoms. The molecule has 0 radical (unpaired) electrons. The van der Waals surface area contributed by atoms with Gasteiger partial charge in [-0.25, -0.2) is 0 Å². The number of aromatic amines is 1. The second-order valence-electron chi connectivity index (χ2n) is 8.20. The number of β-amino-alcohol motifs (C(OH)–C–C–N with tert-alkyl or cyclic N) is 1. The van der Waals surface area contributed by atoms with Gasteiger partial charge in [0.2, 0.25) is 5.82 Å². The molecule has 8 nitrogen and oxygen atoms in total. The largest absolute Gasteiger partial charge is 0.490 e. The summed E-state index contributed by atoms with van der Waals surface area (Å²) in [5.74, 6) is 2.30. The maximum Gasteiger partial charge on any atom is 0.258 e. The highest BCUT2D eigenvalue weighted by molar-refractivity contribution is 5.87. The first-order valence-corrected chi connectivity index (χ1v) is 11.4. The summed E-state index contributed by atoms with van der Waals surface area (Å²) in [4.78, 5) is 10.2. The Morgan fingerprint density at radius 2 is 1.91 bits per heavy atom. The average molecular weight is 449 g/mol. The van der Waals surface area contributed by atoms with E-state index in [2.05, 4.69) is 26.1 Å². The lowest BCUT2D eigenvalue weighted by atomic mass is 10.1. The number of aliphatic hydroxyl groups is 1. The van der Waals surface area contributed by atoms with Gasteiger partial charge in [-0.1, -0.05) is 5.16 Å². The third kappa shape index (κ3) is 4.44. The Labute approximate surface area is 192 Å². The lowest BCUT2D eigenvalue weighted by Gasteiger charge is -2.14. The van der Waals surface area contributed by atoms with Crippen LogP contribution in [0.15, 0.2) is 47.1 Å². The van der Waals surface area contributed by atoms with E-state index in [1.807, 2.05) is 50.4 Å². The average Bonchev–Trinajstić information content (AvgIpc) is 3.56. The Kier molecular flexibility index (Phi) is 6.02. The van der Waals surface area contributed by atoms with Gasteiger partial charge >= 0.3 is 0 Å². The summed E-state index contributed by atoms with van der Waals surface area (Å²) in [6, 6.07) is 11.7. The van der Waals surface area contributed by atoms with Gasteiger partial charge in [-0.15, -0.1) is 0 Å². The second kappa shape index (κ2) is 9.25. The number of hydrogen-bond donors (Lipinski definition) is 2. The fourth-order valence-corrected chi connectivity index (χ4v) is 4.29. The van der Waals surface area contributed by atoms with E-state index < -0.39 is 0 Å². The highest BCUT2D eigenvalue weighted by Crippen LogP contribution is 2.33. The van der Waals surface area contributed by atoms with Crippen molar-refractivity contribution in [1.29, 1.82) is 0 Å². The van der Waals surface area contributed by atoms with Crippen molar-refractivity contribution in [3.63, 3.8) is 0 Å². The molecule has 1 aliphatic heterocycles. The van der Waals surface area contributed by atoms with Crippen molar-refractivity contribution in [3.8, 4) is 34.3 Å². The first-order valence-electron chi connectivity index (χ1n) is 11.4. The zero-order chi connectivity index (χ0) is 22.8. The molecular weight excluding hydrogens is 420 g/mol. The van der Waals surface area contributed by atoms with E-state index in [9.17, 15) is 5.11 Å². The number of nitrogens with zero attached hydrogens (tertiary/aromatic N) is 3. The van der Waals surface area contributed by atoms with Crippen LogP contribution < -0.4 is 9.47 Å². The highest BCUT2D eigenvalue weighted by Gasteiger charge is 2.21. The van der Waals surface area contributed by atoms with Crippen molar-refractivity contribution in [3.05, 3.63) is 48.2 Å². The molecule has 0 aliphatic carbocycles. The summed E-state index contributed by atoms with van der Waals surface area (Å²) >= 11 is 0. The van der Waals surface area contributed by atoms with Gasteiger partial charge in [0.25, 0.3) is 5.89 Å². The van der Waals surface area contributed by atoms with Crippen LogP contribution in [-0.4, -0.2) is 57.5 Å². The van der Waals surface area contributed by atoms with Crippen LogP contribution in [0.1, 0.15) is 25.8 Å². The summed E-state index contributed by atoms with van der Waals surface area (Å²) in [5, 5.41) is 15.2. The topological polar surface area (TPSA) is 96.6 Å². The fourth-order valence-electron chi connectivity index (χ4n) is 4.29. The molecule has 0 amide bonds. The van der Waals surface area contributed by atoms with Crippen molar-refractivity contribution in [1.82, 2.24) is 20.0 Å². The molecule has 33 heavy (non-hydrogen) atoms. The molecule has 5 rings (SSSR count). The standard InChI is InChI=1S/C25H28N4O4/c1-3-31-22-8-6-17(12-23(22)32-4-2)25-27-24(28-33-25)16-5-7-21-20(11-16)18(13-26-21)14-29-10-9-19(30)15-29/h5-8,11-13,19,26,30H,3-4,9-10,14-15H2,1-2H3/t19-/m0/s1. The van der Waals surface area contributed by atoms with E-state index in [1.54, 1.807) is 0 Å². The summed E-state index contributed by atoms with van der Waals surface area (Å²) < 4.78 is 16.9. The molecule has 2 aromatic heterocycles. The molecule has 0 spiro atoms. The second-order valence-corrected chi connectivity index (χ2v) is 8.20. The van der Waals surface area contributed by atoms with Gasteiger partial charge in [-0.3, -0.25) is 4.90 Å². The van der Waals surface area contributed by atoms with E-state index in [0.29, 0.717) is 43.0 Å². The van der Waals surface area contributed by atoms with Crippen molar-refractivity contribution in [2.24, 2.45) is 0 Å². The molecule has 1 aliphatic rings. The number of rotatable bonds is 8. The molecule has 8 heteroatoms. The quantitative estimate of drug-likeness (QED) is 0.416. The van der Waals surface area contributed by atoms with Crippen LogP contribution in [0.4, 0.5) is 0 Å². The van der Waals surface area contributed by atoms with Crippen molar-refractivity contribution >= 4 is 10.9 Å². The van der Waals surface area contributed by atoms with Crippen molar-refractivity contribution in [2.45, 2.75) is 32.9 Å². The molecule has 2 aromatic carbocycles. The third-order valence-corrected chi connectivity index (χ3v) is 5.88. The van der Waals surface area contributed by atoms with Crippen LogP contribution in [0.25, 0.3) is 33.7 Å². The number of likely N-dealkylation sites (tertiary alicyclic amines) is 1. The number of H-pyrrole nitrogens is 1. The van der Waals surface area contributed by atoms with Gasteiger partial charge in [0, 0.05) is 47.9 Å². The number of nitrogens with one attached hydrogen (secondary N) is 1. The molecule has 1 fully saturated rings. The number of ether oxygens (including phenoxy) is 2. The Balaban J connectivity index is 1.42. The van der Waals surface area contributed by atoms with Crippen LogP contribution >= 0.6 is 0 Å². The summed E-state index contributed by atoms with van der Waals surface area (Å²) in [6.07, 6.45) is 2.64. The minimum absolute atomic E-state index is 0.227. The smallest absolute Gasteiger partial charge is 0.258 e. The van der Waals surface area contributed by atoms with Gasteiger partial charge in [-0.2, -0.15) is 4.98 Å². The zero-order valence-electron chi connectivity index (χ0n) is 18.9. The van der Waals surface area contributed by atoms with E-state index in [0.717, 1.165) is 41.5 Å². The molecule has 3 heterocycles. The Hall–Kier alpha value is -3.36. The molecule has 0 unspecified atom stereocenters. The Morgan fingerprint density at radius 1 is 1.09 bits per heavy atom. The molecule has 1 atom stereocenters. The lowest BCUT2D eigenvalue weighted by molar-refractivity contribution is 0.175. The molecule has 0 saturated carbocycles. The van der Waals surface area contributed by atoms with Gasteiger partial charge < -0.3 is 24.1 Å². The molecule has 172 valence electrons. The van der Waals surface area contributed by atoms with Gasteiger partial charge in [0.15, 0.2) is 11.5 Å². The number of fused-ring (bicyclic) bond motifs is 1. The van der Waals surface area contributed by atoms with Crippen LogP contribution in [0.2, 0.25) is 0 Å². The molecule has 1 saturated heterocycles. The number of hydrogen-bond acceptors (Lipinski definition) is 7. The summed E-state index contributed by atoms with van der Waals surface area (Å²) in [6.45, 7) is 7.39. The SMILES string of the molecule is CCOc1ccc(-c2nc(-c3ccc4[nH]cc(CN5CC[C@H](O)C5)c4c3)no2)cc1OCC. The number of aliphatic hydroxyl groups excluding tert-OH is 1. The lowest BCUT2D eigenvalue weighted by Crippen LogP contribution is -2.21. The predicted octanol–water partition coefficient (Wildman–Crippen LogP) is 4.25. The number of benzene rings is 2. The number of aromatic nitrogens is 3. The van der Waals surface area contributed by atoms with E-state index in [1.165, 1.54) is 5.56 Å². The van der Waals surface area contributed by atoms with E-state index in [-0.39, 0.29) is 6.10 Å². The van der Waals surface area contributed by atoms with Crippen molar-refractivity contribution < 1.29 is 19.1 Å². The third-order valence-electron chi connectivity index (χ3n) is 5.88. The van der Waals surface area contributed by atoms with Crippen molar-refractivity contribution in [2.75, 3.05) is 26.3 Å². The maximum atomic E-state index is 9.83. The maximum absolute atomic E-state index is 9.83. The zero-order valence-corrected chi connectivity index (χ0v) is 18.9. The van der Waals surface area contributed by atoms with Gasteiger partial charge in [0.1, 0.15) is 0 Å². The Bertz CT molecular complexity index is 1250. The van der Waals surface area contributed by atoms with Crippen LogP contribution in [0, 0.1) is 0 Å². The minimum atomic E-state index is -0.227. The van der Waals surface area contributed by atoms with Gasteiger partial charge in [-0.05, 0) is 62.2 Å². The highest BCUT2D eigenvalue weighted by atomic mass is 16.5. The molecule has 2 N–H and O–H groups in total. The minimum Gasteiger partial charge on any atom is -0.490 e. The Morgan fingerprint density at radius 3 is 2.70 bits per heavy atom. The summed E-state index contributed by atoms with van der Waals surface area (Å²) in [5.41, 5.74) is 3.91. The first-order chi connectivity index (χ1) is 16.1. The first kappa shape index (κ1) is 21.5. The molecular formula is C25H28N4O4. The van der Waals surface area contributed by atoms with Gasteiger partial charge in [0.05, 0.1) is 19.3 Å². The van der Waals surface area contributed by atoms with E-state index >= 15 is 0 Å². The van der Waals surface area contributed by atoms with Crippen LogP contribution in [0.3, 0.4) is 0 Å². The summed E-state index contributed by atoms with van der Waals surface area (Å²) in [7, 11) is 0. The van der Waals surface area contributed by atoms with E-state index in [4.69, 9.17) is 14.0 Å². The predicted molar refractivity (Wildman–Crippen MR) is 125 cm³/mol. The normalized spacial score (nSPS) is 16.5. The van der Waals surface area contributed by atoms with Crippen LogP contribution in [0.5, 0.6) is 11.5 Å². The fraction of sp³-hybridized carbons (Fsp3) is 0.360. The van der Waals surface area contributed by atoms with Crippen LogP contribution in [-0.2, 0) is 6.54 Å².